The molecule has 0 unspecified atom stereocenters. The summed E-state index contributed by atoms with van der Waals surface area (Å²) in [5, 5.41) is 9.86. The summed E-state index contributed by atoms with van der Waals surface area (Å²) >= 11 is 1.31. The molecular formula is C17H17N3OS. The van der Waals surface area contributed by atoms with Gasteiger partial charge in [0, 0.05) is 18.4 Å². The Morgan fingerprint density at radius 3 is 2.64 bits per heavy atom. The number of carbonyl (C=O) groups is 1. The second kappa shape index (κ2) is 7.10. The van der Waals surface area contributed by atoms with Crippen LogP contribution in [0.15, 0.2) is 41.4 Å². The molecule has 0 saturated heterocycles. The fourth-order valence-corrected chi connectivity index (χ4v) is 3.08. The van der Waals surface area contributed by atoms with Gasteiger partial charge in [0.25, 0.3) is 0 Å². The first-order chi connectivity index (χ1) is 10.5. The number of carbonyl (C=O) groups excluding carboxylic acids is 1. The molecule has 0 fully saturated rings. The Hall–Kier alpha value is -2.32. The first-order valence-electron chi connectivity index (χ1n) is 6.85. The van der Waals surface area contributed by atoms with Gasteiger partial charge >= 0.3 is 0 Å². The molecule has 1 heterocycles. The van der Waals surface area contributed by atoms with Gasteiger partial charge in [-0.2, -0.15) is 5.26 Å². The minimum Gasteiger partial charge on any atom is -0.315 e. The highest BCUT2D eigenvalue weighted by atomic mass is 32.2. The Kier molecular flexibility index (Phi) is 5.18. The third-order valence-corrected chi connectivity index (χ3v) is 4.23. The summed E-state index contributed by atoms with van der Waals surface area (Å²) in [5.41, 5.74) is 3.14. The van der Waals surface area contributed by atoms with Crippen molar-refractivity contribution in [2.45, 2.75) is 18.9 Å². The summed E-state index contributed by atoms with van der Waals surface area (Å²) in [6.07, 6.45) is 0. The Balaban J connectivity index is 2.11. The smallest absolute Gasteiger partial charge is 0.237 e. The van der Waals surface area contributed by atoms with Crippen LogP contribution in [-0.2, 0) is 4.79 Å². The van der Waals surface area contributed by atoms with Crippen LogP contribution in [0.2, 0.25) is 0 Å². The van der Waals surface area contributed by atoms with Crippen LogP contribution >= 0.6 is 11.8 Å². The van der Waals surface area contributed by atoms with Crippen LogP contribution in [-0.4, -0.2) is 23.7 Å². The monoisotopic (exact) mass is 311 g/mol. The van der Waals surface area contributed by atoms with Gasteiger partial charge in [-0.3, -0.25) is 4.79 Å². The molecule has 5 heteroatoms. The number of thioether (sulfide) groups is 1. The second-order valence-electron chi connectivity index (χ2n) is 4.95. The van der Waals surface area contributed by atoms with Gasteiger partial charge in [-0.15, -0.1) is 0 Å². The zero-order valence-corrected chi connectivity index (χ0v) is 13.6. The van der Waals surface area contributed by atoms with Crippen LogP contribution in [0.4, 0.5) is 5.69 Å². The zero-order chi connectivity index (χ0) is 16.1. The number of aryl methyl sites for hydroxylation is 2. The molecule has 0 aliphatic carbocycles. The van der Waals surface area contributed by atoms with E-state index in [0.29, 0.717) is 10.6 Å². The molecule has 2 rings (SSSR count). The molecule has 1 aromatic heterocycles. The average Bonchev–Trinajstić information content (AvgIpc) is 2.52. The third-order valence-electron chi connectivity index (χ3n) is 3.27. The average molecular weight is 311 g/mol. The first-order valence-corrected chi connectivity index (χ1v) is 7.84. The van der Waals surface area contributed by atoms with Crippen molar-refractivity contribution >= 4 is 23.4 Å². The van der Waals surface area contributed by atoms with Crippen molar-refractivity contribution in [1.82, 2.24) is 4.98 Å². The van der Waals surface area contributed by atoms with Gasteiger partial charge in [0.05, 0.1) is 11.3 Å². The quantitative estimate of drug-likeness (QED) is 0.813. The Bertz CT molecular complexity index is 723. The molecule has 22 heavy (non-hydrogen) atoms. The van der Waals surface area contributed by atoms with Gasteiger partial charge in [0.15, 0.2) is 0 Å². The predicted octanol–water partition coefficient (Wildman–Crippen LogP) is 3.33. The van der Waals surface area contributed by atoms with E-state index in [4.69, 9.17) is 0 Å². The summed E-state index contributed by atoms with van der Waals surface area (Å²) in [7, 11) is 1.75. The number of para-hydroxylation sites is 1. The van der Waals surface area contributed by atoms with Gasteiger partial charge in [-0.05, 0) is 37.6 Å². The van der Waals surface area contributed by atoms with Crippen LogP contribution in [0, 0.1) is 25.2 Å². The van der Waals surface area contributed by atoms with Crippen molar-refractivity contribution in [3.63, 3.8) is 0 Å². The standard InChI is InChI=1S/C17H17N3OS/c1-12-9-13(2)19-17(15(12)10-18)22-11-16(21)20(3)14-7-5-4-6-8-14/h4-9H,11H2,1-3H3. The van der Waals surface area contributed by atoms with Gasteiger partial charge in [-0.25, -0.2) is 4.98 Å². The topological polar surface area (TPSA) is 57.0 Å². The fourth-order valence-electron chi connectivity index (χ4n) is 2.07. The van der Waals surface area contributed by atoms with E-state index in [-0.39, 0.29) is 11.7 Å². The lowest BCUT2D eigenvalue weighted by Gasteiger charge is -2.17. The van der Waals surface area contributed by atoms with Crippen LogP contribution < -0.4 is 4.90 Å². The molecule has 0 bridgehead atoms. The van der Waals surface area contributed by atoms with E-state index in [1.54, 1.807) is 11.9 Å². The Morgan fingerprint density at radius 1 is 1.32 bits per heavy atom. The number of anilines is 1. The molecule has 112 valence electrons. The van der Waals surface area contributed by atoms with Crippen molar-refractivity contribution in [2.75, 3.05) is 17.7 Å². The van der Waals surface area contributed by atoms with Crippen molar-refractivity contribution in [3.05, 3.63) is 53.2 Å². The van der Waals surface area contributed by atoms with Crippen LogP contribution in [0.5, 0.6) is 0 Å². The molecular weight excluding hydrogens is 294 g/mol. The van der Waals surface area contributed by atoms with E-state index in [9.17, 15) is 10.1 Å². The Morgan fingerprint density at radius 2 is 2.00 bits per heavy atom. The number of nitriles is 1. The largest absolute Gasteiger partial charge is 0.315 e. The predicted molar refractivity (Wildman–Crippen MR) is 89.0 cm³/mol. The molecule has 4 nitrogen and oxygen atoms in total. The highest BCUT2D eigenvalue weighted by Gasteiger charge is 2.14. The summed E-state index contributed by atoms with van der Waals surface area (Å²) in [6, 6.07) is 13.5. The molecule has 0 atom stereocenters. The number of rotatable bonds is 4. The molecule has 1 amide bonds. The van der Waals surface area contributed by atoms with Crippen molar-refractivity contribution < 1.29 is 4.79 Å². The number of amides is 1. The maximum atomic E-state index is 12.3. The van der Waals surface area contributed by atoms with E-state index >= 15 is 0 Å². The van der Waals surface area contributed by atoms with E-state index in [0.717, 1.165) is 16.9 Å². The minimum absolute atomic E-state index is 0.0268. The van der Waals surface area contributed by atoms with Gasteiger partial charge in [0.1, 0.15) is 11.1 Å². The van der Waals surface area contributed by atoms with E-state index in [2.05, 4.69) is 11.1 Å². The van der Waals surface area contributed by atoms with Crippen LogP contribution in [0.3, 0.4) is 0 Å². The number of aromatic nitrogens is 1. The van der Waals surface area contributed by atoms with Crippen molar-refractivity contribution in [2.24, 2.45) is 0 Å². The molecule has 0 saturated carbocycles. The molecule has 2 aromatic rings. The SMILES string of the molecule is Cc1cc(C)c(C#N)c(SCC(=O)N(C)c2ccccc2)n1. The maximum absolute atomic E-state index is 12.3. The van der Waals surface area contributed by atoms with Gasteiger partial charge < -0.3 is 4.90 Å². The van der Waals surface area contributed by atoms with E-state index in [1.165, 1.54) is 11.8 Å². The van der Waals surface area contributed by atoms with E-state index in [1.807, 2.05) is 50.2 Å². The molecule has 0 N–H and O–H groups in total. The number of nitrogens with zero attached hydrogens (tertiary/aromatic N) is 3. The zero-order valence-electron chi connectivity index (χ0n) is 12.8. The molecule has 0 spiro atoms. The molecule has 0 aliphatic rings. The lowest BCUT2D eigenvalue weighted by molar-refractivity contribution is -0.115. The number of hydrogen-bond donors (Lipinski definition) is 0. The van der Waals surface area contributed by atoms with Gasteiger partial charge in [-0.1, -0.05) is 30.0 Å². The highest BCUT2D eigenvalue weighted by molar-refractivity contribution is 8.00. The summed E-state index contributed by atoms with van der Waals surface area (Å²) in [6.45, 7) is 3.77. The highest BCUT2D eigenvalue weighted by Crippen LogP contribution is 2.24. The number of benzene rings is 1. The fraction of sp³-hybridized carbons (Fsp3) is 0.235. The molecule has 0 radical (unpaired) electrons. The van der Waals surface area contributed by atoms with Gasteiger partial charge in [0.2, 0.25) is 5.91 Å². The van der Waals surface area contributed by atoms with E-state index < -0.39 is 0 Å². The minimum atomic E-state index is -0.0268. The van der Waals surface area contributed by atoms with Crippen LogP contribution in [0.1, 0.15) is 16.8 Å². The van der Waals surface area contributed by atoms with Crippen molar-refractivity contribution in [3.8, 4) is 6.07 Å². The number of pyridine rings is 1. The summed E-state index contributed by atoms with van der Waals surface area (Å²) in [4.78, 5) is 18.3. The van der Waals surface area contributed by atoms with Crippen LogP contribution in [0.25, 0.3) is 0 Å². The maximum Gasteiger partial charge on any atom is 0.237 e. The molecule has 1 aromatic carbocycles. The summed E-state index contributed by atoms with van der Waals surface area (Å²) in [5.74, 6) is 0.219. The normalized spacial score (nSPS) is 10.1. The third kappa shape index (κ3) is 3.66. The lowest BCUT2D eigenvalue weighted by atomic mass is 10.1. The first kappa shape index (κ1) is 16.1. The number of hydrogen-bond acceptors (Lipinski definition) is 4. The lowest BCUT2D eigenvalue weighted by Crippen LogP contribution is -2.27. The van der Waals surface area contributed by atoms with Crippen molar-refractivity contribution in [1.29, 1.82) is 5.26 Å². The second-order valence-corrected chi connectivity index (χ2v) is 5.91. The Labute approximate surface area is 134 Å². The summed E-state index contributed by atoms with van der Waals surface area (Å²) < 4.78 is 0. The molecule has 0 aliphatic heterocycles.